The molecule has 1 unspecified atom stereocenters. The van der Waals surface area contributed by atoms with Crippen molar-refractivity contribution in [3.63, 3.8) is 0 Å². The first kappa shape index (κ1) is 15.8. The van der Waals surface area contributed by atoms with E-state index in [4.69, 9.17) is 9.47 Å². The number of hydrogen-bond donors (Lipinski definition) is 1. The molecule has 2 aromatic rings. The highest BCUT2D eigenvalue weighted by Gasteiger charge is 2.56. The molecule has 0 aromatic heterocycles. The predicted octanol–water partition coefficient (Wildman–Crippen LogP) is 3.09. The number of fused-ring (bicyclic) bond motifs is 1. The van der Waals surface area contributed by atoms with Crippen molar-refractivity contribution in [1.82, 2.24) is 4.90 Å². The van der Waals surface area contributed by atoms with Crippen LogP contribution in [0.15, 0.2) is 48.5 Å². The molecular formula is C20H23NO3. The molecule has 0 aliphatic carbocycles. The fourth-order valence-corrected chi connectivity index (χ4v) is 3.82. The Labute approximate surface area is 142 Å². The zero-order valence-corrected chi connectivity index (χ0v) is 14.1. The summed E-state index contributed by atoms with van der Waals surface area (Å²) in [5, 5.41) is 10.1. The summed E-state index contributed by atoms with van der Waals surface area (Å²) < 4.78 is 12.3. The van der Waals surface area contributed by atoms with Gasteiger partial charge in [-0.05, 0) is 36.1 Å². The van der Waals surface area contributed by atoms with Crippen LogP contribution in [0.2, 0.25) is 0 Å². The van der Waals surface area contributed by atoms with Crippen LogP contribution in [0, 0.1) is 13.8 Å². The Bertz CT molecular complexity index is 688. The zero-order valence-electron chi connectivity index (χ0n) is 14.1. The lowest BCUT2D eigenvalue weighted by Crippen LogP contribution is -2.47. The third-order valence-electron chi connectivity index (χ3n) is 5.28. The van der Waals surface area contributed by atoms with E-state index < -0.39 is 5.54 Å². The molecule has 0 bridgehead atoms. The molecule has 0 spiro atoms. The SMILES string of the molecule is Cc1ccccc1[C@H]1OCC2(CO)CO[C@@H](c3ccccc3C)N12. The summed E-state index contributed by atoms with van der Waals surface area (Å²) >= 11 is 0. The summed E-state index contributed by atoms with van der Waals surface area (Å²) in [7, 11) is 0. The van der Waals surface area contributed by atoms with Gasteiger partial charge < -0.3 is 14.6 Å². The number of hydrogen-bond acceptors (Lipinski definition) is 4. The van der Waals surface area contributed by atoms with Crippen molar-refractivity contribution in [2.24, 2.45) is 0 Å². The molecule has 126 valence electrons. The van der Waals surface area contributed by atoms with E-state index in [0.717, 1.165) is 11.1 Å². The van der Waals surface area contributed by atoms with Crippen LogP contribution in [-0.4, -0.2) is 35.4 Å². The fraction of sp³-hybridized carbons (Fsp3) is 0.400. The number of nitrogens with zero attached hydrogens (tertiary/aromatic N) is 1. The summed E-state index contributed by atoms with van der Waals surface area (Å²) in [4.78, 5) is 2.22. The first-order chi connectivity index (χ1) is 11.7. The van der Waals surface area contributed by atoms with Crippen LogP contribution in [0.5, 0.6) is 0 Å². The minimum atomic E-state index is -0.472. The van der Waals surface area contributed by atoms with Gasteiger partial charge in [-0.2, -0.15) is 0 Å². The second kappa shape index (κ2) is 5.97. The summed E-state index contributed by atoms with van der Waals surface area (Å²) in [5.74, 6) is 0. The molecular weight excluding hydrogens is 302 g/mol. The van der Waals surface area contributed by atoms with Gasteiger partial charge in [0.05, 0.1) is 25.4 Å². The Morgan fingerprint density at radius 1 is 0.917 bits per heavy atom. The van der Waals surface area contributed by atoms with E-state index in [2.05, 4.69) is 43.0 Å². The molecule has 4 nitrogen and oxygen atoms in total. The van der Waals surface area contributed by atoms with Gasteiger partial charge in [0, 0.05) is 0 Å². The van der Waals surface area contributed by atoms with Gasteiger partial charge in [0.15, 0.2) is 0 Å². The third kappa shape index (κ3) is 2.30. The summed E-state index contributed by atoms with van der Waals surface area (Å²) in [5.41, 5.74) is 4.17. The summed E-state index contributed by atoms with van der Waals surface area (Å²) in [6.07, 6.45) is -0.407. The molecule has 3 atom stereocenters. The highest BCUT2D eigenvalue weighted by atomic mass is 16.6. The van der Waals surface area contributed by atoms with Crippen LogP contribution < -0.4 is 0 Å². The predicted molar refractivity (Wildman–Crippen MR) is 91.4 cm³/mol. The highest BCUT2D eigenvalue weighted by Crippen LogP contribution is 2.49. The molecule has 4 heteroatoms. The van der Waals surface area contributed by atoms with Crippen LogP contribution >= 0.6 is 0 Å². The fourth-order valence-electron chi connectivity index (χ4n) is 3.82. The van der Waals surface area contributed by atoms with Crippen molar-refractivity contribution in [1.29, 1.82) is 0 Å². The van der Waals surface area contributed by atoms with Gasteiger partial charge in [0.25, 0.3) is 0 Å². The van der Waals surface area contributed by atoms with Gasteiger partial charge in [-0.3, -0.25) is 0 Å². The normalized spacial score (nSPS) is 29.8. The number of ether oxygens (including phenoxy) is 2. The molecule has 2 fully saturated rings. The molecule has 1 N–H and O–H groups in total. The maximum absolute atomic E-state index is 10.1. The van der Waals surface area contributed by atoms with E-state index in [-0.39, 0.29) is 19.1 Å². The summed E-state index contributed by atoms with van der Waals surface area (Å²) in [6.45, 7) is 5.17. The lowest BCUT2D eigenvalue weighted by molar-refractivity contribution is -0.0635. The highest BCUT2D eigenvalue weighted by molar-refractivity contribution is 5.33. The number of aryl methyl sites for hydroxylation is 2. The third-order valence-corrected chi connectivity index (χ3v) is 5.28. The van der Waals surface area contributed by atoms with Crippen molar-refractivity contribution in [2.75, 3.05) is 19.8 Å². The molecule has 2 saturated heterocycles. The van der Waals surface area contributed by atoms with Crippen LogP contribution in [0.3, 0.4) is 0 Å². The molecule has 2 aliphatic heterocycles. The lowest BCUT2D eigenvalue weighted by Gasteiger charge is -2.34. The first-order valence-electron chi connectivity index (χ1n) is 8.40. The topological polar surface area (TPSA) is 41.9 Å². The minimum Gasteiger partial charge on any atom is -0.394 e. The van der Waals surface area contributed by atoms with Gasteiger partial charge in [-0.1, -0.05) is 48.5 Å². The van der Waals surface area contributed by atoms with Crippen molar-refractivity contribution >= 4 is 0 Å². The standard InChI is InChI=1S/C20H23NO3/c1-14-7-3-5-9-16(14)18-21-19(17-10-6-4-8-15(17)2)24-13-20(21,11-22)12-23-18/h3-10,18-19,22H,11-13H2,1-2H3/t18-,19+,20?. The van der Waals surface area contributed by atoms with Crippen molar-refractivity contribution in [2.45, 2.75) is 31.8 Å². The van der Waals surface area contributed by atoms with E-state index in [0.29, 0.717) is 13.2 Å². The van der Waals surface area contributed by atoms with E-state index in [1.54, 1.807) is 0 Å². The number of benzene rings is 2. The zero-order chi connectivity index (χ0) is 16.7. The molecule has 2 aliphatic rings. The van der Waals surface area contributed by atoms with Crippen molar-refractivity contribution in [3.05, 3.63) is 70.8 Å². The Morgan fingerprint density at radius 3 is 1.79 bits per heavy atom. The van der Waals surface area contributed by atoms with Crippen LogP contribution in [0.25, 0.3) is 0 Å². The minimum absolute atomic E-state index is 0.0256. The van der Waals surface area contributed by atoms with Gasteiger partial charge in [-0.25, -0.2) is 4.90 Å². The molecule has 0 amide bonds. The lowest BCUT2D eigenvalue weighted by atomic mass is 9.99. The Morgan fingerprint density at radius 2 is 1.38 bits per heavy atom. The van der Waals surface area contributed by atoms with E-state index in [1.165, 1.54) is 11.1 Å². The molecule has 0 saturated carbocycles. The quantitative estimate of drug-likeness (QED) is 0.942. The van der Waals surface area contributed by atoms with E-state index in [9.17, 15) is 5.11 Å². The Balaban J connectivity index is 1.79. The Kier molecular flexibility index (Phi) is 3.93. The van der Waals surface area contributed by atoms with Crippen molar-refractivity contribution in [3.8, 4) is 0 Å². The molecule has 4 rings (SSSR count). The van der Waals surface area contributed by atoms with E-state index in [1.807, 2.05) is 24.3 Å². The average Bonchev–Trinajstić information content (AvgIpc) is 3.14. The molecule has 24 heavy (non-hydrogen) atoms. The van der Waals surface area contributed by atoms with Gasteiger partial charge in [0.2, 0.25) is 0 Å². The van der Waals surface area contributed by atoms with E-state index >= 15 is 0 Å². The average molecular weight is 325 g/mol. The van der Waals surface area contributed by atoms with Crippen LogP contribution in [0.4, 0.5) is 0 Å². The maximum Gasteiger partial charge on any atom is 0.140 e. The molecule has 2 aromatic carbocycles. The second-order valence-corrected chi connectivity index (χ2v) is 6.83. The van der Waals surface area contributed by atoms with Crippen LogP contribution in [-0.2, 0) is 9.47 Å². The Hall–Kier alpha value is -1.72. The summed E-state index contributed by atoms with van der Waals surface area (Å²) in [6, 6.07) is 16.5. The van der Waals surface area contributed by atoms with Crippen LogP contribution in [0.1, 0.15) is 34.7 Å². The molecule has 2 heterocycles. The van der Waals surface area contributed by atoms with Gasteiger partial charge in [0.1, 0.15) is 12.5 Å². The first-order valence-corrected chi connectivity index (χ1v) is 8.40. The number of rotatable bonds is 3. The van der Waals surface area contributed by atoms with Crippen molar-refractivity contribution < 1.29 is 14.6 Å². The largest absolute Gasteiger partial charge is 0.394 e. The van der Waals surface area contributed by atoms with Gasteiger partial charge >= 0.3 is 0 Å². The smallest absolute Gasteiger partial charge is 0.140 e. The number of aliphatic hydroxyl groups is 1. The van der Waals surface area contributed by atoms with Gasteiger partial charge in [-0.15, -0.1) is 0 Å². The second-order valence-electron chi connectivity index (χ2n) is 6.83. The maximum atomic E-state index is 10.1. The molecule has 0 radical (unpaired) electrons. The monoisotopic (exact) mass is 325 g/mol. The number of aliphatic hydroxyl groups excluding tert-OH is 1.